The summed E-state index contributed by atoms with van der Waals surface area (Å²) in [6.07, 6.45) is 97.6. The molecule has 2 atom stereocenters. The van der Waals surface area contributed by atoms with E-state index in [9.17, 15) is 19.0 Å². The average molecular weight is 1210 g/mol. The first-order chi connectivity index (χ1) is 42.0. The molecule has 10 heteroatoms. The quantitative estimate of drug-likeness (QED) is 0.0211. The highest BCUT2D eigenvalue weighted by Gasteiger charge is 2.27. The van der Waals surface area contributed by atoms with Crippen LogP contribution in [0.25, 0.3) is 0 Å². The predicted molar refractivity (Wildman–Crippen MR) is 371 cm³/mol. The smallest absolute Gasteiger partial charge is 0.462 e. The van der Waals surface area contributed by atoms with Crippen molar-refractivity contribution in [3.8, 4) is 0 Å². The van der Waals surface area contributed by atoms with E-state index in [0.717, 1.165) is 135 Å². The second kappa shape index (κ2) is 65.1. The molecule has 0 saturated heterocycles. The fourth-order valence-corrected chi connectivity index (χ4v) is 9.62. The lowest BCUT2D eigenvalue weighted by atomic mass is 10.0. The Morgan fingerprint density at radius 3 is 0.930 bits per heavy atom. The zero-order valence-corrected chi connectivity index (χ0v) is 56.4. The van der Waals surface area contributed by atoms with Gasteiger partial charge in [-0.05, 0) is 122 Å². The van der Waals surface area contributed by atoms with Gasteiger partial charge in [-0.25, -0.2) is 4.57 Å². The molecule has 9 nitrogen and oxygen atoms in total. The number of rotatable bonds is 61. The van der Waals surface area contributed by atoms with Crippen LogP contribution < -0.4 is 0 Å². The third-order valence-electron chi connectivity index (χ3n) is 14.1. The minimum Gasteiger partial charge on any atom is -0.462 e. The van der Waals surface area contributed by atoms with Gasteiger partial charge in [0.25, 0.3) is 0 Å². The summed E-state index contributed by atoms with van der Waals surface area (Å²) < 4.78 is 34.7. The maximum atomic E-state index is 12.9. The number of likely N-dealkylation sites (N-methyl/N-ethyl adjacent to an activating group) is 1. The molecule has 0 aromatic heterocycles. The van der Waals surface area contributed by atoms with E-state index in [0.29, 0.717) is 17.4 Å². The highest BCUT2D eigenvalue weighted by Crippen LogP contribution is 2.43. The van der Waals surface area contributed by atoms with Crippen LogP contribution in [0.2, 0.25) is 0 Å². The summed E-state index contributed by atoms with van der Waals surface area (Å²) in [5.41, 5.74) is 0. The molecule has 0 aliphatic carbocycles. The minimum absolute atomic E-state index is 0.0198. The van der Waals surface area contributed by atoms with Crippen LogP contribution in [0.5, 0.6) is 0 Å². The molecule has 86 heavy (non-hydrogen) atoms. The average Bonchev–Trinajstić information content (AvgIpc) is 3.70. The van der Waals surface area contributed by atoms with Crippen LogP contribution >= 0.6 is 7.82 Å². The molecule has 0 aliphatic heterocycles. The van der Waals surface area contributed by atoms with Crippen LogP contribution in [-0.4, -0.2) is 74.9 Å². The normalized spacial score (nSPS) is 14.2. The van der Waals surface area contributed by atoms with E-state index in [4.69, 9.17) is 18.5 Å². The van der Waals surface area contributed by atoms with Gasteiger partial charge in [-0.1, -0.05) is 281 Å². The molecule has 0 bridgehead atoms. The Morgan fingerprint density at radius 1 is 0.360 bits per heavy atom. The number of carbonyl (C=O) groups is 2. The lowest BCUT2D eigenvalue weighted by molar-refractivity contribution is -0.870. The predicted octanol–water partition coefficient (Wildman–Crippen LogP) is 22.4. The SMILES string of the molecule is CC/C=C\C/C=C\C/C=C\C/C=C\C/C=C\C/C=C\C/C=C\C/C=C\C/C=C\CCCCCCCC(=O)OC(COC(=O)CCCCCCCCCCCCCCCCCC/C=C\C/C=C\C/C=C\C/C=C\CC)COP(=O)(O)OCC[N+](C)(C)C. The molecule has 0 amide bonds. The number of allylic oxidation sites excluding steroid dienone is 26. The Kier molecular flexibility index (Phi) is 61.8. The molecular formula is C76H127NO8P+. The molecule has 0 aromatic carbocycles. The third-order valence-corrected chi connectivity index (χ3v) is 15.0. The lowest BCUT2D eigenvalue weighted by Crippen LogP contribution is -2.37. The van der Waals surface area contributed by atoms with Gasteiger partial charge in [-0.15, -0.1) is 0 Å². The van der Waals surface area contributed by atoms with Crippen molar-refractivity contribution >= 4 is 19.8 Å². The Hall–Kier alpha value is -4.37. The van der Waals surface area contributed by atoms with Crippen LogP contribution in [0.3, 0.4) is 0 Å². The molecular weight excluding hydrogens is 1090 g/mol. The zero-order valence-electron chi connectivity index (χ0n) is 55.5. The summed E-state index contributed by atoms with van der Waals surface area (Å²) in [5.74, 6) is -0.825. The number of phosphoric acid groups is 1. The summed E-state index contributed by atoms with van der Waals surface area (Å²) in [4.78, 5) is 35.9. The maximum absolute atomic E-state index is 12.9. The van der Waals surface area contributed by atoms with Crippen molar-refractivity contribution in [1.82, 2.24) is 0 Å². The highest BCUT2D eigenvalue weighted by molar-refractivity contribution is 7.47. The van der Waals surface area contributed by atoms with E-state index in [2.05, 4.69) is 172 Å². The van der Waals surface area contributed by atoms with Crippen molar-refractivity contribution in [3.63, 3.8) is 0 Å². The Balaban J connectivity index is 4.16. The highest BCUT2D eigenvalue weighted by atomic mass is 31.2. The summed E-state index contributed by atoms with van der Waals surface area (Å²) in [7, 11) is 1.45. The number of ether oxygens (including phenoxy) is 2. The van der Waals surface area contributed by atoms with Crippen molar-refractivity contribution in [2.45, 2.75) is 264 Å². The first kappa shape index (κ1) is 81.6. The fraction of sp³-hybridized carbons (Fsp3) is 0.632. The summed E-state index contributed by atoms with van der Waals surface area (Å²) in [5, 5.41) is 0. The number of hydrogen-bond acceptors (Lipinski definition) is 7. The van der Waals surface area contributed by atoms with Crippen LogP contribution in [-0.2, 0) is 32.7 Å². The molecule has 1 N–H and O–H groups in total. The van der Waals surface area contributed by atoms with Gasteiger partial charge in [0.2, 0.25) is 0 Å². The van der Waals surface area contributed by atoms with Crippen molar-refractivity contribution < 1.29 is 42.1 Å². The monoisotopic (exact) mass is 1210 g/mol. The van der Waals surface area contributed by atoms with E-state index in [1.807, 2.05) is 21.1 Å². The number of phosphoric ester groups is 1. The summed E-state index contributed by atoms with van der Waals surface area (Å²) in [6, 6.07) is 0. The topological polar surface area (TPSA) is 108 Å². The summed E-state index contributed by atoms with van der Waals surface area (Å²) >= 11 is 0. The Labute approximate surface area is 528 Å². The lowest BCUT2D eigenvalue weighted by Gasteiger charge is -2.24. The minimum atomic E-state index is -4.41. The van der Waals surface area contributed by atoms with Gasteiger partial charge in [0.15, 0.2) is 6.10 Å². The molecule has 0 saturated carbocycles. The van der Waals surface area contributed by atoms with E-state index in [-0.39, 0.29) is 32.0 Å². The second-order valence-electron chi connectivity index (χ2n) is 23.4. The zero-order chi connectivity index (χ0) is 62.6. The first-order valence-corrected chi connectivity index (χ1v) is 35.7. The van der Waals surface area contributed by atoms with Crippen LogP contribution in [0.1, 0.15) is 258 Å². The van der Waals surface area contributed by atoms with Crippen molar-refractivity contribution in [2.24, 2.45) is 0 Å². The number of quaternary nitrogens is 1. The van der Waals surface area contributed by atoms with Gasteiger partial charge in [0.05, 0.1) is 27.7 Å². The van der Waals surface area contributed by atoms with E-state index in [1.54, 1.807) is 0 Å². The van der Waals surface area contributed by atoms with Crippen molar-refractivity contribution in [1.29, 1.82) is 0 Å². The molecule has 0 fully saturated rings. The van der Waals surface area contributed by atoms with Gasteiger partial charge in [0, 0.05) is 12.8 Å². The Bertz CT molecular complexity index is 2010. The first-order valence-electron chi connectivity index (χ1n) is 34.2. The molecule has 0 radical (unpaired) electrons. The summed E-state index contributed by atoms with van der Waals surface area (Å²) in [6.45, 7) is 4.18. The van der Waals surface area contributed by atoms with Gasteiger partial charge < -0.3 is 18.9 Å². The number of carbonyl (C=O) groups excluding carboxylic acids is 2. The van der Waals surface area contributed by atoms with E-state index < -0.39 is 26.5 Å². The number of hydrogen-bond donors (Lipinski definition) is 1. The van der Waals surface area contributed by atoms with Crippen LogP contribution in [0.15, 0.2) is 158 Å². The van der Waals surface area contributed by atoms with Gasteiger partial charge in [-0.2, -0.15) is 0 Å². The molecule has 2 unspecified atom stereocenters. The van der Waals surface area contributed by atoms with Crippen molar-refractivity contribution in [2.75, 3.05) is 47.5 Å². The van der Waals surface area contributed by atoms with Crippen LogP contribution in [0.4, 0.5) is 0 Å². The van der Waals surface area contributed by atoms with Gasteiger partial charge in [0.1, 0.15) is 19.8 Å². The van der Waals surface area contributed by atoms with E-state index >= 15 is 0 Å². The van der Waals surface area contributed by atoms with E-state index in [1.165, 1.54) is 89.9 Å². The largest absolute Gasteiger partial charge is 0.472 e. The number of esters is 2. The molecule has 0 heterocycles. The molecule has 0 spiro atoms. The molecule has 0 rings (SSSR count). The second-order valence-corrected chi connectivity index (χ2v) is 24.9. The van der Waals surface area contributed by atoms with Gasteiger partial charge in [-0.3, -0.25) is 18.6 Å². The maximum Gasteiger partial charge on any atom is 0.472 e. The molecule has 0 aliphatic rings. The Morgan fingerprint density at radius 2 is 0.628 bits per heavy atom. The van der Waals surface area contributed by atoms with Gasteiger partial charge >= 0.3 is 19.8 Å². The molecule has 488 valence electrons. The number of nitrogens with zero attached hydrogens (tertiary/aromatic N) is 1. The molecule has 0 aromatic rings. The van der Waals surface area contributed by atoms with Crippen LogP contribution in [0, 0.1) is 0 Å². The van der Waals surface area contributed by atoms with Crippen molar-refractivity contribution in [3.05, 3.63) is 158 Å². The number of unbranched alkanes of at least 4 members (excludes halogenated alkanes) is 21. The third kappa shape index (κ3) is 68.7. The standard InChI is InChI=1S/C76H126NO8P/c1-6-8-10-12-14-16-18-20-22-24-26-28-30-32-34-36-37-38-39-41-43-45-47-49-51-53-55-57-59-61-63-65-67-69-76(79)85-74(73-84-86(80,81)83-71-70-77(3,4)5)72-82-75(78)68-66-64-62-60-58-56-54-52-50-48-46-44-42-40-35-33-31-29-27-25-23-21-19-17-15-13-11-9-7-2/h8-11,14-17,20-23,26-29,32,34,37-38,41,43,47,49,53,55,74H,6-7,12-13,18-19,24-25,30-31,33,35-36,39-40,42,44-46,48,50-52,54,56-73H2,1-5H3/p+1/b10-8-,11-9-,16-14-,17-15-,22-20-,23-21-,28-26-,29-27-,34-32-,38-37-,43-41-,49-47-,55-53-. The fourth-order valence-electron chi connectivity index (χ4n) is 8.88.